The van der Waals surface area contributed by atoms with Gasteiger partial charge in [0.25, 0.3) is 0 Å². The van der Waals surface area contributed by atoms with Gasteiger partial charge in [-0.05, 0) is 49.0 Å². The Morgan fingerprint density at radius 2 is 1.96 bits per heavy atom. The highest BCUT2D eigenvalue weighted by atomic mass is 16.5. The summed E-state index contributed by atoms with van der Waals surface area (Å²) in [5, 5.41) is 3.14. The fourth-order valence-corrected chi connectivity index (χ4v) is 4.46. The van der Waals surface area contributed by atoms with E-state index in [0.717, 1.165) is 45.5 Å². The van der Waals surface area contributed by atoms with E-state index in [1.807, 2.05) is 4.90 Å². The van der Waals surface area contributed by atoms with Crippen LogP contribution in [0.25, 0.3) is 0 Å². The van der Waals surface area contributed by atoms with E-state index in [0.29, 0.717) is 17.8 Å². The number of nitrogens with zero attached hydrogens (tertiary/aromatic N) is 1. The normalized spacial score (nSPS) is 32.6. The van der Waals surface area contributed by atoms with Crippen LogP contribution >= 0.6 is 0 Å². The van der Waals surface area contributed by atoms with Crippen LogP contribution in [-0.4, -0.2) is 49.3 Å². The Kier molecular flexibility index (Phi) is 4.95. The van der Waals surface area contributed by atoms with E-state index < -0.39 is 0 Å². The van der Waals surface area contributed by atoms with Gasteiger partial charge in [0.15, 0.2) is 0 Å². The Morgan fingerprint density at radius 1 is 1.20 bits per heavy atom. The van der Waals surface area contributed by atoms with Crippen LogP contribution in [0.15, 0.2) is 30.3 Å². The second kappa shape index (κ2) is 7.34. The summed E-state index contributed by atoms with van der Waals surface area (Å²) in [4.78, 5) is 14.4. The molecule has 5 nitrogen and oxygen atoms in total. The van der Waals surface area contributed by atoms with Crippen LogP contribution in [0.3, 0.4) is 0 Å². The van der Waals surface area contributed by atoms with Gasteiger partial charge in [-0.2, -0.15) is 0 Å². The molecule has 0 spiro atoms. The number of nitrogens with two attached hydrogens (primary N) is 1. The molecule has 0 aromatic heterocycles. The molecule has 0 radical (unpaired) electrons. The summed E-state index contributed by atoms with van der Waals surface area (Å²) in [7, 11) is 0. The summed E-state index contributed by atoms with van der Waals surface area (Å²) in [6.45, 7) is 3.21. The number of carbonyl (C=O) groups is 1. The van der Waals surface area contributed by atoms with E-state index in [9.17, 15) is 4.79 Å². The molecule has 5 heteroatoms. The van der Waals surface area contributed by atoms with Gasteiger partial charge in [0.1, 0.15) is 0 Å². The number of piperidine rings is 1. The van der Waals surface area contributed by atoms with Crippen molar-refractivity contribution in [1.82, 2.24) is 10.2 Å². The molecule has 25 heavy (non-hydrogen) atoms. The van der Waals surface area contributed by atoms with Crippen molar-refractivity contribution in [2.75, 3.05) is 26.2 Å². The molecule has 4 rings (SSSR count). The molecule has 1 aromatic carbocycles. The highest BCUT2D eigenvalue weighted by molar-refractivity contribution is 5.74. The maximum atomic E-state index is 12.4. The number of ether oxygens (including phenoxy) is 1. The number of hydrogen-bond donors (Lipinski definition) is 2. The Hall–Kier alpha value is -1.59. The summed E-state index contributed by atoms with van der Waals surface area (Å²) in [6, 6.07) is 10.9. The zero-order valence-corrected chi connectivity index (χ0v) is 14.8. The SMILES string of the molecule is N[C@@H]1CCO[C@H]1C1CCN(C(=O)NC[C@@H]2C[C@H]2c2ccccc2)CC1. The van der Waals surface area contributed by atoms with E-state index in [-0.39, 0.29) is 18.2 Å². The lowest BCUT2D eigenvalue weighted by atomic mass is 9.88. The Labute approximate surface area is 149 Å². The first kappa shape index (κ1) is 16.9. The number of benzene rings is 1. The van der Waals surface area contributed by atoms with Crippen LogP contribution < -0.4 is 11.1 Å². The predicted octanol–water partition coefficient (Wildman–Crippen LogP) is 2.33. The van der Waals surface area contributed by atoms with Crippen LogP contribution in [-0.2, 0) is 4.74 Å². The molecule has 1 aliphatic carbocycles. The topological polar surface area (TPSA) is 67.6 Å². The van der Waals surface area contributed by atoms with Crippen molar-refractivity contribution in [2.45, 2.75) is 43.7 Å². The molecule has 2 aliphatic heterocycles. The molecule has 2 amide bonds. The number of amides is 2. The maximum absolute atomic E-state index is 12.4. The molecule has 2 saturated heterocycles. The van der Waals surface area contributed by atoms with Gasteiger partial charge in [0.05, 0.1) is 6.10 Å². The third-order valence-electron chi connectivity index (χ3n) is 6.14. The Morgan fingerprint density at radius 3 is 2.64 bits per heavy atom. The summed E-state index contributed by atoms with van der Waals surface area (Å²) in [5.74, 6) is 1.72. The molecule has 0 unspecified atom stereocenters. The largest absolute Gasteiger partial charge is 0.376 e. The first-order valence-corrected chi connectivity index (χ1v) is 9.67. The second-order valence-corrected chi connectivity index (χ2v) is 7.81. The first-order valence-electron chi connectivity index (χ1n) is 9.67. The maximum Gasteiger partial charge on any atom is 0.317 e. The second-order valence-electron chi connectivity index (χ2n) is 7.81. The zero-order valence-electron chi connectivity index (χ0n) is 14.8. The van der Waals surface area contributed by atoms with Crippen LogP contribution in [0.5, 0.6) is 0 Å². The van der Waals surface area contributed by atoms with E-state index in [4.69, 9.17) is 10.5 Å². The molecule has 4 atom stereocenters. The minimum Gasteiger partial charge on any atom is -0.376 e. The van der Waals surface area contributed by atoms with Gasteiger partial charge >= 0.3 is 6.03 Å². The minimum absolute atomic E-state index is 0.0915. The van der Waals surface area contributed by atoms with Crippen LogP contribution in [0.1, 0.15) is 37.2 Å². The van der Waals surface area contributed by atoms with E-state index >= 15 is 0 Å². The van der Waals surface area contributed by atoms with Gasteiger partial charge < -0.3 is 20.7 Å². The van der Waals surface area contributed by atoms with Crippen molar-refractivity contribution in [2.24, 2.45) is 17.6 Å². The Bertz CT molecular complexity index is 586. The van der Waals surface area contributed by atoms with Crippen molar-refractivity contribution in [3.63, 3.8) is 0 Å². The molecule has 2 heterocycles. The lowest BCUT2D eigenvalue weighted by molar-refractivity contribution is 0.0310. The Balaban J connectivity index is 1.19. The highest BCUT2D eigenvalue weighted by Gasteiger charge is 2.39. The van der Waals surface area contributed by atoms with Gasteiger partial charge in [-0.25, -0.2) is 4.79 Å². The number of nitrogens with one attached hydrogen (secondary N) is 1. The molecule has 1 aromatic rings. The molecule has 3 fully saturated rings. The van der Waals surface area contributed by atoms with E-state index in [2.05, 4.69) is 35.6 Å². The number of hydrogen-bond acceptors (Lipinski definition) is 3. The average Bonchev–Trinajstić information content (AvgIpc) is 3.32. The van der Waals surface area contributed by atoms with Crippen molar-refractivity contribution in [3.05, 3.63) is 35.9 Å². The lowest BCUT2D eigenvalue weighted by Gasteiger charge is -2.35. The monoisotopic (exact) mass is 343 g/mol. The van der Waals surface area contributed by atoms with Crippen molar-refractivity contribution < 1.29 is 9.53 Å². The highest BCUT2D eigenvalue weighted by Crippen LogP contribution is 2.46. The molecule has 1 saturated carbocycles. The minimum atomic E-state index is 0.0915. The van der Waals surface area contributed by atoms with Crippen molar-refractivity contribution in [1.29, 1.82) is 0 Å². The summed E-state index contributed by atoms with van der Waals surface area (Å²) in [6.07, 6.45) is 4.35. The van der Waals surface area contributed by atoms with Gasteiger partial charge in [0, 0.05) is 32.3 Å². The molecular formula is C20H29N3O2. The molecular weight excluding hydrogens is 314 g/mol. The van der Waals surface area contributed by atoms with Crippen molar-refractivity contribution >= 4 is 6.03 Å². The number of carbonyl (C=O) groups excluding carboxylic acids is 1. The third kappa shape index (κ3) is 3.82. The summed E-state index contributed by atoms with van der Waals surface area (Å²) < 4.78 is 5.80. The van der Waals surface area contributed by atoms with Crippen LogP contribution in [0.4, 0.5) is 4.79 Å². The van der Waals surface area contributed by atoms with Crippen molar-refractivity contribution in [3.8, 4) is 0 Å². The predicted molar refractivity (Wildman–Crippen MR) is 97.3 cm³/mol. The van der Waals surface area contributed by atoms with Crippen LogP contribution in [0.2, 0.25) is 0 Å². The fourth-order valence-electron chi connectivity index (χ4n) is 4.46. The van der Waals surface area contributed by atoms with Gasteiger partial charge in [-0.1, -0.05) is 30.3 Å². The number of rotatable bonds is 4. The van der Waals surface area contributed by atoms with E-state index in [1.165, 1.54) is 12.0 Å². The van der Waals surface area contributed by atoms with Gasteiger partial charge in [-0.15, -0.1) is 0 Å². The molecule has 136 valence electrons. The first-order chi connectivity index (χ1) is 12.2. The fraction of sp³-hybridized carbons (Fsp3) is 0.650. The zero-order chi connectivity index (χ0) is 17.2. The molecule has 3 aliphatic rings. The lowest BCUT2D eigenvalue weighted by Crippen LogP contribution is -2.48. The summed E-state index contributed by atoms with van der Waals surface area (Å²) >= 11 is 0. The van der Waals surface area contributed by atoms with E-state index in [1.54, 1.807) is 0 Å². The quantitative estimate of drug-likeness (QED) is 0.882. The van der Waals surface area contributed by atoms with Gasteiger partial charge in [-0.3, -0.25) is 0 Å². The standard InChI is InChI=1S/C20H29N3O2/c21-18-8-11-25-19(18)15-6-9-23(10-7-15)20(24)22-13-16-12-17(16)14-4-2-1-3-5-14/h1-5,15-19H,6-13,21H2,(H,22,24)/t16-,17-,18+,19-/m0/s1. The van der Waals surface area contributed by atoms with Crippen LogP contribution in [0, 0.1) is 11.8 Å². The molecule has 3 N–H and O–H groups in total. The average molecular weight is 343 g/mol. The van der Waals surface area contributed by atoms with Gasteiger partial charge in [0.2, 0.25) is 0 Å². The smallest absolute Gasteiger partial charge is 0.317 e. The third-order valence-corrected chi connectivity index (χ3v) is 6.14. The summed E-state index contributed by atoms with van der Waals surface area (Å²) in [5.41, 5.74) is 7.53. The molecule has 0 bridgehead atoms. The number of urea groups is 1. The number of likely N-dealkylation sites (tertiary alicyclic amines) is 1.